The highest BCUT2D eigenvalue weighted by Crippen LogP contribution is 2.45. The number of hydrogen-bond donors (Lipinski definition) is 1. The van der Waals surface area contributed by atoms with Gasteiger partial charge in [-0.3, -0.25) is 4.98 Å². The van der Waals surface area contributed by atoms with E-state index in [9.17, 15) is 0 Å². The van der Waals surface area contributed by atoms with Crippen LogP contribution in [0.15, 0.2) is 60.9 Å². The number of thiocarbonyl (C=S) groups is 1. The van der Waals surface area contributed by atoms with Gasteiger partial charge in [0.2, 0.25) is 0 Å². The lowest BCUT2D eigenvalue weighted by Gasteiger charge is -2.37. The highest BCUT2D eigenvalue weighted by atomic mass is 35.5. The van der Waals surface area contributed by atoms with Crippen molar-refractivity contribution >= 4 is 40.3 Å². The Bertz CT molecular complexity index is 1240. The lowest BCUT2D eigenvalue weighted by atomic mass is 9.91. The van der Waals surface area contributed by atoms with Crippen molar-refractivity contribution < 1.29 is 0 Å². The van der Waals surface area contributed by atoms with Crippen molar-refractivity contribution in [1.29, 1.82) is 0 Å². The summed E-state index contributed by atoms with van der Waals surface area (Å²) in [5.41, 5.74) is 4.41. The first kappa shape index (κ1) is 24.7. The molecular formula is C30H36ClN5S. The highest BCUT2D eigenvalue weighted by Gasteiger charge is 2.43. The number of aromatic nitrogens is 2. The molecule has 1 aliphatic carbocycles. The Morgan fingerprint density at radius 3 is 2.49 bits per heavy atom. The maximum absolute atomic E-state index is 7.00. The number of pyridine rings is 1. The normalized spacial score (nSPS) is 26.6. The Hall–Kier alpha value is -2.57. The molecule has 2 aromatic heterocycles. The second kappa shape index (κ2) is 10.3. The topological polar surface area (TPSA) is 36.3 Å². The van der Waals surface area contributed by atoms with E-state index < -0.39 is 0 Å². The third-order valence-electron chi connectivity index (χ3n) is 8.35. The standard InChI is InChI=1S/C30H36ClN5S/c1-20-16-21(2)19-34(18-20)26-13-12-23(17-24(26)31)36-29(27-11-7-15-35(27)22-8-3-4-9-22)28(33-30(36)37)25-10-5-6-14-32-25/h5-7,10-15,17,20-22,28-29H,3-4,8-9,16,18-19H2,1-2H3,(H,33,37)/t20-,21+,28-,29+/m0/s1. The lowest BCUT2D eigenvalue weighted by molar-refractivity contribution is 0.357. The van der Waals surface area contributed by atoms with Crippen LogP contribution in [0.2, 0.25) is 5.02 Å². The van der Waals surface area contributed by atoms with Crippen LogP contribution in [0.5, 0.6) is 0 Å². The van der Waals surface area contributed by atoms with Gasteiger partial charge in [-0.15, -0.1) is 0 Å². The molecule has 2 aliphatic heterocycles. The zero-order chi connectivity index (χ0) is 25.5. The van der Waals surface area contributed by atoms with E-state index in [1.807, 2.05) is 12.3 Å². The number of nitrogens with zero attached hydrogens (tertiary/aromatic N) is 4. The molecule has 1 N–H and O–H groups in total. The first-order valence-electron chi connectivity index (χ1n) is 13.7. The van der Waals surface area contributed by atoms with Gasteiger partial charge in [0.25, 0.3) is 0 Å². The molecule has 3 aromatic rings. The number of hydrogen-bond acceptors (Lipinski definition) is 3. The van der Waals surface area contributed by atoms with Crippen molar-refractivity contribution in [1.82, 2.24) is 14.9 Å². The third-order valence-corrected chi connectivity index (χ3v) is 8.97. The molecule has 5 nitrogen and oxygen atoms in total. The molecule has 6 rings (SSSR count). The predicted octanol–water partition coefficient (Wildman–Crippen LogP) is 7.31. The fraction of sp³-hybridized carbons (Fsp3) is 0.467. The summed E-state index contributed by atoms with van der Waals surface area (Å²) in [6.45, 7) is 6.76. The van der Waals surface area contributed by atoms with Crippen molar-refractivity contribution in [3.05, 3.63) is 77.3 Å². The smallest absolute Gasteiger partial charge is 0.174 e. The zero-order valence-electron chi connectivity index (χ0n) is 21.7. The molecule has 3 aliphatic rings. The predicted molar refractivity (Wildman–Crippen MR) is 156 cm³/mol. The van der Waals surface area contributed by atoms with Gasteiger partial charge >= 0.3 is 0 Å². The third kappa shape index (κ3) is 4.74. The summed E-state index contributed by atoms with van der Waals surface area (Å²) in [4.78, 5) is 9.43. The van der Waals surface area contributed by atoms with Crippen LogP contribution in [0, 0.1) is 11.8 Å². The van der Waals surface area contributed by atoms with E-state index >= 15 is 0 Å². The Morgan fingerprint density at radius 2 is 1.78 bits per heavy atom. The van der Waals surface area contributed by atoms with Crippen LogP contribution >= 0.6 is 23.8 Å². The molecule has 0 unspecified atom stereocenters. The first-order chi connectivity index (χ1) is 18.0. The van der Waals surface area contributed by atoms with Crippen molar-refractivity contribution in [2.45, 2.75) is 64.1 Å². The molecule has 37 heavy (non-hydrogen) atoms. The number of piperidine rings is 1. The molecule has 2 saturated heterocycles. The number of rotatable bonds is 5. The largest absolute Gasteiger partial charge is 0.370 e. The van der Waals surface area contributed by atoms with Gasteiger partial charge in [-0.25, -0.2) is 0 Å². The van der Waals surface area contributed by atoms with Gasteiger partial charge in [0.15, 0.2) is 5.11 Å². The molecule has 194 valence electrons. The number of nitrogens with one attached hydrogen (secondary N) is 1. The van der Waals surface area contributed by atoms with E-state index in [1.165, 1.54) is 37.8 Å². The molecule has 4 atom stereocenters. The molecule has 1 aromatic carbocycles. The summed E-state index contributed by atoms with van der Waals surface area (Å²) >= 11 is 13.0. The SMILES string of the molecule is C[C@@H]1C[C@H](C)CN(c2ccc(N3C(=S)N[C@@H](c4ccccn4)[C@H]3c3cccn3C3CCCC3)cc2Cl)C1. The lowest BCUT2D eigenvalue weighted by Crippen LogP contribution is -2.39. The fourth-order valence-electron chi connectivity index (χ4n) is 6.87. The van der Waals surface area contributed by atoms with Crippen LogP contribution in [0.25, 0.3) is 0 Å². The average molecular weight is 534 g/mol. The molecule has 4 heterocycles. The molecule has 0 bridgehead atoms. The Balaban J connectivity index is 1.39. The van der Waals surface area contributed by atoms with Gasteiger partial charge < -0.3 is 19.7 Å². The molecule has 3 fully saturated rings. The molecule has 1 saturated carbocycles. The van der Waals surface area contributed by atoms with Gasteiger partial charge in [-0.2, -0.15) is 0 Å². The van der Waals surface area contributed by atoms with E-state index in [1.54, 1.807) is 0 Å². The second-order valence-corrected chi connectivity index (χ2v) is 12.1. The van der Waals surface area contributed by atoms with Crippen molar-refractivity contribution in [2.24, 2.45) is 11.8 Å². The molecule has 0 amide bonds. The summed E-state index contributed by atoms with van der Waals surface area (Å²) in [6.07, 6.45) is 10.4. The van der Waals surface area contributed by atoms with Gasteiger partial charge in [0.05, 0.1) is 22.4 Å². The zero-order valence-corrected chi connectivity index (χ0v) is 23.3. The minimum Gasteiger partial charge on any atom is -0.370 e. The average Bonchev–Trinajstić information content (AvgIpc) is 3.63. The van der Waals surface area contributed by atoms with Crippen molar-refractivity contribution in [2.75, 3.05) is 22.9 Å². The summed E-state index contributed by atoms with van der Waals surface area (Å²) in [7, 11) is 0. The molecular weight excluding hydrogens is 498 g/mol. The van der Waals surface area contributed by atoms with E-state index in [2.05, 4.69) is 82.2 Å². The summed E-state index contributed by atoms with van der Waals surface area (Å²) in [5, 5.41) is 5.11. The Morgan fingerprint density at radius 1 is 1.00 bits per heavy atom. The van der Waals surface area contributed by atoms with Gasteiger partial charge in [-0.1, -0.05) is 44.4 Å². The van der Waals surface area contributed by atoms with Crippen LogP contribution in [0.4, 0.5) is 11.4 Å². The minimum atomic E-state index is -0.0500. The minimum absolute atomic E-state index is 0.0186. The monoisotopic (exact) mass is 533 g/mol. The highest BCUT2D eigenvalue weighted by molar-refractivity contribution is 7.80. The van der Waals surface area contributed by atoms with Gasteiger partial charge in [0, 0.05) is 42.9 Å². The molecule has 0 radical (unpaired) electrons. The summed E-state index contributed by atoms with van der Waals surface area (Å²) < 4.78 is 2.49. The van der Waals surface area contributed by atoms with Crippen molar-refractivity contribution in [3.63, 3.8) is 0 Å². The van der Waals surface area contributed by atoms with Crippen LogP contribution in [0.1, 0.15) is 75.5 Å². The molecule has 0 spiro atoms. The van der Waals surface area contributed by atoms with Gasteiger partial charge in [-0.05, 0) is 85.8 Å². The van der Waals surface area contributed by atoms with E-state index in [0.29, 0.717) is 23.0 Å². The van der Waals surface area contributed by atoms with Crippen molar-refractivity contribution in [3.8, 4) is 0 Å². The fourth-order valence-corrected chi connectivity index (χ4v) is 7.51. The Labute approximate surface area is 230 Å². The number of halogens is 1. The maximum atomic E-state index is 7.00. The quantitative estimate of drug-likeness (QED) is 0.348. The Kier molecular flexibility index (Phi) is 6.89. The van der Waals surface area contributed by atoms with Crippen LogP contribution < -0.4 is 15.1 Å². The van der Waals surface area contributed by atoms with E-state index in [0.717, 1.165) is 35.2 Å². The number of benzene rings is 1. The van der Waals surface area contributed by atoms with Crippen LogP contribution in [-0.2, 0) is 0 Å². The van der Waals surface area contributed by atoms with E-state index in [4.69, 9.17) is 28.8 Å². The maximum Gasteiger partial charge on any atom is 0.174 e. The number of anilines is 2. The first-order valence-corrected chi connectivity index (χ1v) is 14.5. The van der Waals surface area contributed by atoms with Gasteiger partial charge in [0.1, 0.15) is 6.04 Å². The summed E-state index contributed by atoms with van der Waals surface area (Å²) in [5.74, 6) is 1.34. The van der Waals surface area contributed by atoms with Crippen LogP contribution in [-0.4, -0.2) is 27.8 Å². The second-order valence-electron chi connectivity index (χ2n) is 11.3. The summed E-state index contributed by atoms with van der Waals surface area (Å²) in [6, 6.07) is 17.5. The van der Waals surface area contributed by atoms with E-state index in [-0.39, 0.29) is 12.1 Å². The molecule has 7 heteroatoms. The van der Waals surface area contributed by atoms with Crippen LogP contribution in [0.3, 0.4) is 0 Å².